The number of methoxy groups -OCH3 is 1. The fourth-order valence-electron chi connectivity index (χ4n) is 3.47. The van der Waals surface area contributed by atoms with Gasteiger partial charge in [-0.15, -0.1) is 5.10 Å². The maximum atomic E-state index is 8.39. The van der Waals surface area contributed by atoms with Gasteiger partial charge in [0.2, 0.25) is 5.88 Å². The summed E-state index contributed by atoms with van der Waals surface area (Å²) in [6, 6.07) is 10.8. The number of hydrogen-bond donors (Lipinski definition) is 2. The lowest BCUT2D eigenvalue weighted by Crippen LogP contribution is -2.38. The molecule has 0 amide bonds. The number of hydrogen-bond acceptors (Lipinski definition) is 9. The van der Waals surface area contributed by atoms with Gasteiger partial charge in [0, 0.05) is 37.7 Å². The van der Waals surface area contributed by atoms with E-state index in [9.17, 15) is 0 Å². The van der Waals surface area contributed by atoms with Crippen molar-refractivity contribution < 1.29 is 14.2 Å². The first kappa shape index (κ1) is 22.6. The molecule has 0 spiro atoms. The molecule has 33 heavy (non-hydrogen) atoms. The molecule has 0 unspecified atom stereocenters. The highest BCUT2D eigenvalue weighted by Crippen LogP contribution is 2.18. The molecule has 2 N–H and O–H groups in total. The van der Waals surface area contributed by atoms with Gasteiger partial charge in [0.15, 0.2) is 11.6 Å². The van der Waals surface area contributed by atoms with E-state index in [2.05, 4.69) is 20.0 Å². The largest absolute Gasteiger partial charge is 0.489 e. The van der Waals surface area contributed by atoms with E-state index in [-0.39, 0.29) is 11.3 Å². The number of nitrogens with one attached hydrogen (secondary N) is 2. The van der Waals surface area contributed by atoms with Crippen molar-refractivity contribution in [1.29, 1.82) is 10.8 Å². The fraction of sp³-hybridized carbons (Fsp3) is 0.348. The Hall–Kier alpha value is -3.63. The first-order valence-electron chi connectivity index (χ1n) is 10.7. The van der Waals surface area contributed by atoms with Crippen LogP contribution in [0.2, 0.25) is 0 Å². The molecule has 0 radical (unpaired) electrons. The second kappa shape index (κ2) is 10.8. The Balaban J connectivity index is 1.38. The number of benzene rings is 1. The zero-order valence-corrected chi connectivity index (χ0v) is 18.5. The van der Waals surface area contributed by atoms with Gasteiger partial charge in [-0.25, -0.2) is 9.97 Å². The van der Waals surface area contributed by atoms with E-state index >= 15 is 0 Å². The van der Waals surface area contributed by atoms with Gasteiger partial charge in [-0.1, -0.05) is 18.2 Å². The average molecular weight is 450 g/mol. The topological polar surface area (TPSA) is 122 Å². The molecule has 1 fully saturated rings. The van der Waals surface area contributed by atoms with E-state index < -0.39 is 0 Å². The Morgan fingerprint density at radius 2 is 1.91 bits per heavy atom. The maximum absolute atomic E-state index is 8.39. The Bertz CT molecular complexity index is 1140. The van der Waals surface area contributed by atoms with E-state index in [1.165, 1.54) is 11.8 Å². The number of nitrogens with zero attached hydrogens (tertiary/aromatic N) is 5. The van der Waals surface area contributed by atoms with Crippen LogP contribution >= 0.6 is 0 Å². The molecule has 10 nitrogen and oxygen atoms in total. The summed E-state index contributed by atoms with van der Waals surface area (Å²) in [5.41, 5.74) is 1.85. The third-order valence-electron chi connectivity index (χ3n) is 5.24. The van der Waals surface area contributed by atoms with Gasteiger partial charge in [0.25, 0.3) is 0 Å². The van der Waals surface area contributed by atoms with Crippen molar-refractivity contribution in [3.63, 3.8) is 0 Å². The summed E-state index contributed by atoms with van der Waals surface area (Å²) in [6.45, 7) is 4.84. The van der Waals surface area contributed by atoms with Crippen molar-refractivity contribution in [1.82, 2.24) is 24.6 Å². The number of aromatic nitrogens is 4. The Morgan fingerprint density at radius 1 is 1.12 bits per heavy atom. The lowest BCUT2D eigenvalue weighted by atomic mass is 10.1. The maximum Gasteiger partial charge on any atom is 0.231 e. The summed E-state index contributed by atoms with van der Waals surface area (Å²) >= 11 is 0. The molecule has 2 aromatic heterocycles. The normalized spacial score (nSPS) is 14.1. The van der Waals surface area contributed by atoms with Gasteiger partial charge in [-0.2, -0.15) is 4.68 Å². The molecule has 0 atom stereocenters. The Kier molecular flexibility index (Phi) is 7.38. The molecule has 1 saturated heterocycles. The van der Waals surface area contributed by atoms with Crippen LogP contribution in [0.3, 0.4) is 0 Å². The molecule has 0 saturated carbocycles. The predicted octanol–water partition coefficient (Wildman–Crippen LogP) is 1.61. The second-order valence-electron chi connectivity index (χ2n) is 7.54. The zero-order chi connectivity index (χ0) is 23.0. The van der Waals surface area contributed by atoms with E-state index in [0.717, 1.165) is 44.0 Å². The van der Waals surface area contributed by atoms with Crippen LogP contribution in [-0.4, -0.2) is 77.0 Å². The van der Waals surface area contributed by atoms with Gasteiger partial charge in [0.1, 0.15) is 17.9 Å². The lowest BCUT2D eigenvalue weighted by molar-refractivity contribution is 0.0322. The highest BCUT2D eigenvalue weighted by atomic mass is 16.5. The molecular weight excluding hydrogens is 422 g/mol. The summed E-state index contributed by atoms with van der Waals surface area (Å²) in [4.78, 5) is 11.2. The molecule has 172 valence electrons. The lowest BCUT2D eigenvalue weighted by Gasteiger charge is -2.26. The summed E-state index contributed by atoms with van der Waals surface area (Å²) in [6.07, 6.45) is 3.66. The SMILES string of the molecule is COc1ccc(=N)n(C(=N)Cc2cccc(-c3ncc(OCCN4CCOCC4)cn3)c2)n1. The standard InChI is InChI=1S/C23H27N7O3/c1-31-22-6-5-20(24)30(28-22)21(25)14-17-3-2-4-18(13-17)23-26-15-19(16-27-23)33-12-9-29-7-10-32-11-8-29/h2-6,13,15-16,24-25H,7-12,14H2,1H3. The van der Waals surface area contributed by atoms with Gasteiger partial charge >= 0.3 is 0 Å². The minimum atomic E-state index is 0.115. The van der Waals surface area contributed by atoms with Gasteiger partial charge in [0.05, 0.1) is 32.7 Å². The minimum Gasteiger partial charge on any atom is -0.489 e. The van der Waals surface area contributed by atoms with E-state index in [1.54, 1.807) is 24.5 Å². The van der Waals surface area contributed by atoms with Crippen molar-refractivity contribution in [2.75, 3.05) is 46.6 Å². The van der Waals surface area contributed by atoms with Crippen LogP contribution in [0.25, 0.3) is 11.4 Å². The quantitative estimate of drug-likeness (QED) is 0.396. The average Bonchev–Trinajstić information content (AvgIpc) is 2.85. The first-order valence-corrected chi connectivity index (χ1v) is 10.7. The highest BCUT2D eigenvalue weighted by molar-refractivity contribution is 5.83. The number of ether oxygens (including phenoxy) is 3. The van der Waals surface area contributed by atoms with Crippen molar-refractivity contribution >= 4 is 5.84 Å². The highest BCUT2D eigenvalue weighted by Gasteiger charge is 2.11. The Labute approximate surface area is 191 Å². The number of morpholine rings is 1. The van der Waals surface area contributed by atoms with Crippen LogP contribution in [0.4, 0.5) is 0 Å². The van der Waals surface area contributed by atoms with Gasteiger partial charge in [-0.3, -0.25) is 15.7 Å². The summed E-state index contributed by atoms with van der Waals surface area (Å²) in [5, 5.41) is 20.6. The number of rotatable bonds is 8. The minimum absolute atomic E-state index is 0.115. The summed E-state index contributed by atoms with van der Waals surface area (Å²) in [7, 11) is 1.50. The summed E-state index contributed by atoms with van der Waals surface area (Å²) < 4.78 is 17.5. The fourth-order valence-corrected chi connectivity index (χ4v) is 3.47. The van der Waals surface area contributed by atoms with E-state index in [0.29, 0.717) is 30.5 Å². The Morgan fingerprint density at radius 3 is 2.67 bits per heavy atom. The van der Waals surface area contributed by atoms with Crippen LogP contribution in [0, 0.1) is 10.8 Å². The molecule has 3 aromatic rings. The van der Waals surface area contributed by atoms with Crippen molar-refractivity contribution in [3.05, 3.63) is 59.8 Å². The van der Waals surface area contributed by atoms with Gasteiger partial charge in [-0.05, 0) is 17.7 Å². The molecule has 3 heterocycles. The molecule has 1 aliphatic heterocycles. The van der Waals surface area contributed by atoms with Crippen LogP contribution in [0.15, 0.2) is 48.8 Å². The monoisotopic (exact) mass is 449 g/mol. The van der Waals surface area contributed by atoms with Crippen molar-refractivity contribution in [2.45, 2.75) is 6.42 Å². The molecular formula is C23H27N7O3. The molecule has 4 rings (SSSR count). The zero-order valence-electron chi connectivity index (χ0n) is 18.5. The smallest absolute Gasteiger partial charge is 0.231 e. The van der Waals surface area contributed by atoms with Crippen molar-refractivity contribution in [3.8, 4) is 23.0 Å². The molecule has 10 heteroatoms. The molecule has 0 aliphatic carbocycles. The second-order valence-corrected chi connectivity index (χ2v) is 7.54. The van der Waals surface area contributed by atoms with Crippen LogP contribution in [-0.2, 0) is 11.2 Å². The predicted molar refractivity (Wildman–Crippen MR) is 122 cm³/mol. The van der Waals surface area contributed by atoms with Crippen molar-refractivity contribution in [2.24, 2.45) is 0 Å². The van der Waals surface area contributed by atoms with E-state index in [1.807, 2.05) is 24.3 Å². The molecule has 1 aliphatic rings. The van der Waals surface area contributed by atoms with Crippen LogP contribution in [0.5, 0.6) is 11.6 Å². The summed E-state index contributed by atoms with van der Waals surface area (Å²) in [5.74, 6) is 1.73. The van der Waals surface area contributed by atoms with E-state index in [4.69, 9.17) is 25.0 Å². The van der Waals surface area contributed by atoms with Crippen LogP contribution < -0.4 is 15.0 Å². The van der Waals surface area contributed by atoms with Crippen LogP contribution in [0.1, 0.15) is 5.56 Å². The first-order chi connectivity index (χ1) is 16.1. The third-order valence-corrected chi connectivity index (χ3v) is 5.24. The van der Waals surface area contributed by atoms with Gasteiger partial charge < -0.3 is 14.2 Å². The third kappa shape index (κ3) is 5.99. The molecule has 0 bridgehead atoms. The molecule has 1 aromatic carbocycles.